The second-order valence-corrected chi connectivity index (χ2v) is 4.61. The first-order valence-corrected chi connectivity index (χ1v) is 4.68. The predicted molar refractivity (Wildman–Crippen MR) is 50.4 cm³/mol. The molecular formula is C9H16N4. The van der Waals surface area contributed by atoms with Crippen LogP contribution >= 0.6 is 0 Å². The Morgan fingerprint density at radius 3 is 2.46 bits per heavy atom. The average Bonchev–Trinajstić information content (AvgIpc) is 2.31. The van der Waals surface area contributed by atoms with Gasteiger partial charge in [-0.1, -0.05) is 5.21 Å². The van der Waals surface area contributed by atoms with Gasteiger partial charge in [-0.05, 0) is 20.8 Å². The van der Waals surface area contributed by atoms with Crippen molar-refractivity contribution in [3.63, 3.8) is 0 Å². The summed E-state index contributed by atoms with van der Waals surface area (Å²) in [5.41, 5.74) is 0.289. The largest absolute Gasteiger partial charge is 0.294 e. The van der Waals surface area contributed by atoms with E-state index >= 15 is 0 Å². The van der Waals surface area contributed by atoms with Crippen LogP contribution in [0.25, 0.3) is 0 Å². The third-order valence-corrected chi connectivity index (χ3v) is 2.63. The fourth-order valence-corrected chi connectivity index (χ4v) is 1.58. The molecule has 0 bridgehead atoms. The van der Waals surface area contributed by atoms with Crippen LogP contribution in [0.15, 0.2) is 12.4 Å². The summed E-state index contributed by atoms with van der Waals surface area (Å²) in [5.74, 6) is 0. The lowest BCUT2D eigenvalue weighted by Gasteiger charge is -2.47. The first-order valence-electron chi connectivity index (χ1n) is 4.68. The minimum atomic E-state index is 0.289. The van der Waals surface area contributed by atoms with Gasteiger partial charge < -0.3 is 0 Å². The smallest absolute Gasteiger partial charge is 0.0790 e. The summed E-state index contributed by atoms with van der Waals surface area (Å²) in [6.45, 7) is 8.90. The molecule has 0 unspecified atom stereocenters. The highest BCUT2D eigenvalue weighted by Crippen LogP contribution is 2.27. The van der Waals surface area contributed by atoms with Gasteiger partial charge in [0.2, 0.25) is 0 Å². The highest BCUT2D eigenvalue weighted by molar-refractivity contribution is 4.91. The van der Waals surface area contributed by atoms with Crippen LogP contribution < -0.4 is 0 Å². The van der Waals surface area contributed by atoms with Crippen molar-refractivity contribution in [2.75, 3.05) is 13.1 Å². The third kappa shape index (κ3) is 1.58. The van der Waals surface area contributed by atoms with Crippen LogP contribution in [0, 0.1) is 0 Å². The van der Waals surface area contributed by atoms with Crippen LogP contribution in [-0.4, -0.2) is 38.5 Å². The van der Waals surface area contributed by atoms with E-state index in [1.807, 2.05) is 10.9 Å². The van der Waals surface area contributed by atoms with E-state index in [2.05, 4.69) is 36.0 Å². The molecule has 0 atom stereocenters. The Balaban J connectivity index is 1.93. The van der Waals surface area contributed by atoms with Crippen molar-refractivity contribution in [1.82, 2.24) is 19.9 Å². The molecule has 0 amide bonds. The van der Waals surface area contributed by atoms with Gasteiger partial charge in [0, 0.05) is 24.8 Å². The molecule has 0 saturated carbocycles. The van der Waals surface area contributed by atoms with Gasteiger partial charge in [0.25, 0.3) is 0 Å². The van der Waals surface area contributed by atoms with E-state index in [1.165, 1.54) is 0 Å². The maximum absolute atomic E-state index is 3.99. The molecule has 1 aromatic rings. The monoisotopic (exact) mass is 180 g/mol. The molecule has 1 saturated heterocycles. The normalized spacial score (nSPS) is 20.2. The molecule has 1 aliphatic rings. The third-order valence-electron chi connectivity index (χ3n) is 2.63. The van der Waals surface area contributed by atoms with Gasteiger partial charge in [0.15, 0.2) is 0 Å². The zero-order valence-corrected chi connectivity index (χ0v) is 8.44. The number of aromatic nitrogens is 3. The van der Waals surface area contributed by atoms with Gasteiger partial charge in [0.05, 0.1) is 12.2 Å². The van der Waals surface area contributed by atoms with Crippen LogP contribution in [0.2, 0.25) is 0 Å². The number of likely N-dealkylation sites (tertiary alicyclic amines) is 1. The van der Waals surface area contributed by atoms with E-state index in [9.17, 15) is 0 Å². The summed E-state index contributed by atoms with van der Waals surface area (Å²) in [4.78, 5) is 2.44. The second-order valence-electron chi connectivity index (χ2n) is 4.61. The van der Waals surface area contributed by atoms with Gasteiger partial charge in [-0.3, -0.25) is 4.90 Å². The molecule has 0 radical (unpaired) electrons. The zero-order chi connectivity index (χ0) is 9.47. The van der Waals surface area contributed by atoms with Crippen molar-refractivity contribution >= 4 is 0 Å². The van der Waals surface area contributed by atoms with Gasteiger partial charge in [-0.2, -0.15) is 0 Å². The number of rotatable bonds is 1. The van der Waals surface area contributed by atoms with E-state index in [0.717, 1.165) is 13.1 Å². The standard InChI is InChI=1S/C9H16N4/c1-9(2,3)12-6-8(7-12)13-5-4-10-11-13/h4-5,8H,6-7H2,1-3H3. The maximum Gasteiger partial charge on any atom is 0.0790 e. The minimum absolute atomic E-state index is 0.289. The number of hydrogen-bond donors (Lipinski definition) is 0. The maximum atomic E-state index is 3.99. The lowest BCUT2D eigenvalue weighted by atomic mass is 9.98. The van der Waals surface area contributed by atoms with Crippen LogP contribution in [-0.2, 0) is 0 Å². The Morgan fingerprint density at radius 2 is 2.00 bits per heavy atom. The van der Waals surface area contributed by atoms with Gasteiger partial charge >= 0.3 is 0 Å². The Kier molecular flexibility index (Phi) is 1.87. The SMILES string of the molecule is CC(C)(C)N1CC(n2ccnn2)C1. The quantitative estimate of drug-likeness (QED) is 0.645. The highest BCUT2D eigenvalue weighted by atomic mass is 15.5. The Labute approximate surface area is 78.5 Å². The molecule has 2 rings (SSSR count). The molecule has 0 aliphatic carbocycles. The van der Waals surface area contributed by atoms with Crippen LogP contribution in [0.4, 0.5) is 0 Å². The molecule has 0 aromatic carbocycles. The summed E-state index contributed by atoms with van der Waals surface area (Å²) < 4.78 is 1.95. The van der Waals surface area contributed by atoms with Crippen molar-refractivity contribution in [3.05, 3.63) is 12.4 Å². The molecule has 4 nitrogen and oxygen atoms in total. The number of nitrogens with zero attached hydrogens (tertiary/aromatic N) is 4. The topological polar surface area (TPSA) is 34.0 Å². The van der Waals surface area contributed by atoms with E-state index in [0.29, 0.717) is 6.04 Å². The first kappa shape index (κ1) is 8.69. The molecule has 13 heavy (non-hydrogen) atoms. The van der Waals surface area contributed by atoms with E-state index < -0.39 is 0 Å². The summed E-state index contributed by atoms with van der Waals surface area (Å²) in [6.07, 6.45) is 3.67. The van der Waals surface area contributed by atoms with Crippen molar-refractivity contribution in [1.29, 1.82) is 0 Å². The average molecular weight is 180 g/mol. The lowest BCUT2D eigenvalue weighted by Crippen LogP contribution is -2.56. The molecule has 2 heterocycles. The molecule has 72 valence electrons. The van der Waals surface area contributed by atoms with Crippen molar-refractivity contribution in [3.8, 4) is 0 Å². The van der Waals surface area contributed by atoms with Gasteiger partial charge in [-0.15, -0.1) is 5.10 Å². The highest BCUT2D eigenvalue weighted by Gasteiger charge is 2.35. The van der Waals surface area contributed by atoms with E-state index in [4.69, 9.17) is 0 Å². The van der Waals surface area contributed by atoms with Crippen molar-refractivity contribution < 1.29 is 0 Å². The zero-order valence-electron chi connectivity index (χ0n) is 8.44. The molecule has 1 fully saturated rings. The summed E-state index contributed by atoms with van der Waals surface area (Å²) in [7, 11) is 0. The molecule has 4 heteroatoms. The molecule has 0 N–H and O–H groups in total. The molecular weight excluding hydrogens is 164 g/mol. The first-order chi connectivity index (χ1) is 6.07. The Hall–Kier alpha value is -0.900. The number of hydrogen-bond acceptors (Lipinski definition) is 3. The fraction of sp³-hybridized carbons (Fsp3) is 0.778. The van der Waals surface area contributed by atoms with E-state index in [1.54, 1.807) is 6.20 Å². The molecule has 1 aliphatic heterocycles. The Morgan fingerprint density at radius 1 is 1.31 bits per heavy atom. The van der Waals surface area contributed by atoms with Crippen LogP contribution in [0.3, 0.4) is 0 Å². The minimum Gasteiger partial charge on any atom is -0.294 e. The summed E-state index contributed by atoms with van der Waals surface area (Å²) >= 11 is 0. The fourth-order valence-electron chi connectivity index (χ4n) is 1.58. The summed E-state index contributed by atoms with van der Waals surface area (Å²) in [5, 5.41) is 7.80. The lowest BCUT2D eigenvalue weighted by molar-refractivity contribution is 0.0148. The molecule has 1 aromatic heterocycles. The van der Waals surface area contributed by atoms with Gasteiger partial charge in [-0.25, -0.2) is 4.68 Å². The predicted octanol–water partition coefficient (Wildman–Crippen LogP) is 0.933. The van der Waals surface area contributed by atoms with Crippen LogP contribution in [0.1, 0.15) is 26.8 Å². The second kappa shape index (κ2) is 2.80. The van der Waals surface area contributed by atoms with Crippen LogP contribution in [0.5, 0.6) is 0 Å². The Bertz CT molecular complexity index is 266. The van der Waals surface area contributed by atoms with Crippen molar-refractivity contribution in [2.45, 2.75) is 32.4 Å². The van der Waals surface area contributed by atoms with Gasteiger partial charge in [0.1, 0.15) is 0 Å². The van der Waals surface area contributed by atoms with E-state index in [-0.39, 0.29) is 5.54 Å². The van der Waals surface area contributed by atoms with Crippen molar-refractivity contribution in [2.24, 2.45) is 0 Å². The molecule has 0 spiro atoms. The summed E-state index contributed by atoms with van der Waals surface area (Å²) in [6, 6.07) is 0.529.